The highest BCUT2D eigenvalue weighted by Gasteiger charge is 2.19. The van der Waals surface area contributed by atoms with Crippen LogP contribution in [-0.4, -0.2) is 35.7 Å². The number of halogens is 1. The molecule has 0 unspecified atom stereocenters. The van der Waals surface area contributed by atoms with Crippen molar-refractivity contribution < 1.29 is 4.39 Å². The molecule has 0 aliphatic carbocycles. The summed E-state index contributed by atoms with van der Waals surface area (Å²) in [5, 5.41) is 3.12. The molecular formula is C19H21FN4. The Balaban J connectivity index is 1.63. The maximum absolute atomic E-state index is 13.3. The molecule has 3 heterocycles. The number of imidazole rings is 1. The molecule has 3 aromatic rings. The Hall–Kier alpha value is -2.56. The van der Waals surface area contributed by atoms with E-state index < -0.39 is 6.17 Å². The van der Waals surface area contributed by atoms with Crippen molar-refractivity contribution in [3.8, 4) is 11.3 Å². The first-order valence-corrected chi connectivity index (χ1v) is 8.39. The molecular weight excluding hydrogens is 303 g/mol. The highest BCUT2D eigenvalue weighted by atomic mass is 19.1. The quantitative estimate of drug-likeness (QED) is 0.791. The van der Waals surface area contributed by atoms with Gasteiger partial charge in [-0.25, -0.2) is 9.37 Å². The van der Waals surface area contributed by atoms with E-state index in [1.165, 1.54) is 0 Å². The van der Waals surface area contributed by atoms with E-state index in [9.17, 15) is 4.39 Å². The molecule has 1 aliphatic heterocycles. The predicted molar refractivity (Wildman–Crippen MR) is 96.5 cm³/mol. The van der Waals surface area contributed by atoms with Crippen molar-refractivity contribution in [1.29, 1.82) is 0 Å². The number of rotatable bonds is 3. The number of hydrogen-bond acceptors (Lipinski definition) is 3. The van der Waals surface area contributed by atoms with Crippen LogP contribution in [-0.2, 0) is 0 Å². The van der Waals surface area contributed by atoms with Gasteiger partial charge in [0, 0.05) is 55.5 Å². The molecule has 1 saturated heterocycles. The number of piperidine rings is 1. The van der Waals surface area contributed by atoms with Crippen molar-refractivity contribution in [2.75, 3.05) is 30.4 Å². The summed E-state index contributed by atoms with van der Waals surface area (Å²) in [5.74, 6) is 0. The SMILES string of the molecule is CNc1ccc(-c2cn3ccc(N4CCC(F)CC4)cc3n2)cc1. The van der Waals surface area contributed by atoms with Crippen molar-refractivity contribution in [1.82, 2.24) is 9.38 Å². The molecule has 0 spiro atoms. The number of aromatic nitrogens is 2. The monoisotopic (exact) mass is 324 g/mol. The molecule has 24 heavy (non-hydrogen) atoms. The van der Waals surface area contributed by atoms with E-state index in [1.807, 2.05) is 36.0 Å². The van der Waals surface area contributed by atoms with Gasteiger partial charge in [0.25, 0.3) is 0 Å². The van der Waals surface area contributed by atoms with E-state index in [-0.39, 0.29) is 0 Å². The molecule has 4 nitrogen and oxygen atoms in total. The summed E-state index contributed by atoms with van der Waals surface area (Å²) in [6.45, 7) is 1.55. The van der Waals surface area contributed by atoms with Gasteiger partial charge in [-0.15, -0.1) is 0 Å². The third-order valence-electron chi connectivity index (χ3n) is 4.70. The molecule has 124 valence electrons. The lowest BCUT2D eigenvalue weighted by molar-refractivity contribution is 0.277. The molecule has 1 aliphatic rings. The first-order valence-electron chi connectivity index (χ1n) is 8.39. The Labute approximate surface area is 140 Å². The summed E-state index contributed by atoms with van der Waals surface area (Å²) >= 11 is 0. The average molecular weight is 324 g/mol. The number of nitrogens with zero attached hydrogens (tertiary/aromatic N) is 3. The second-order valence-electron chi connectivity index (χ2n) is 6.27. The van der Waals surface area contributed by atoms with Crippen molar-refractivity contribution in [3.63, 3.8) is 0 Å². The molecule has 1 fully saturated rings. The molecule has 0 atom stereocenters. The van der Waals surface area contributed by atoms with E-state index in [1.54, 1.807) is 0 Å². The molecule has 1 N–H and O–H groups in total. The van der Waals surface area contributed by atoms with Crippen molar-refractivity contribution in [2.45, 2.75) is 19.0 Å². The van der Waals surface area contributed by atoms with Crippen LogP contribution < -0.4 is 10.2 Å². The number of alkyl halides is 1. The van der Waals surface area contributed by atoms with Crippen molar-refractivity contribution in [2.24, 2.45) is 0 Å². The molecule has 0 bridgehead atoms. The van der Waals surface area contributed by atoms with E-state index in [0.717, 1.165) is 41.4 Å². The summed E-state index contributed by atoms with van der Waals surface area (Å²) in [4.78, 5) is 6.99. The molecule has 0 radical (unpaired) electrons. The second-order valence-corrected chi connectivity index (χ2v) is 6.27. The van der Waals surface area contributed by atoms with Gasteiger partial charge < -0.3 is 14.6 Å². The van der Waals surface area contributed by atoms with Gasteiger partial charge in [-0.2, -0.15) is 0 Å². The number of fused-ring (bicyclic) bond motifs is 1. The van der Waals surface area contributed by atoms with Crippen LogP contribution in [0.25, 0.3) is 16.9 Å². The van der Waals surface area contributed by atoms with Gasteiger partial charge in [-0.3, -0.25) is 0 Å². The molecule has 0 amide bonds. The zero-order valence-electron chi connectivity index (χ0n) is 13.7. The normalized spacial score (nSPS) is 15.8. The minimum Gasteiger partial charge on any atom is -0.388 e. The zero-order valence-corrected chi connectivity index (χ0v) is 13.7. The first kappa shape index (κ1) is 15.0. The van der Waals surface area contributed by atoms with Crippen LogP contribution in [0.5, 0.6) is 0 Å². The Morgan fingerprint density at radius 2 is 1.88 bits per heavy atom. The number of pyridine rings is 1. The largest absolute Gasteiger partial charge is 0.388 e. The van der Waals surface area contributed by atoms with E-state index in [0.29, 0.717) is 12.8 Å². The van der Waals surface area contributed by atoms with Crippen LogP contribution in [0.2, 0.25) is 0 Å². The summed E-state index contributed by atoms with van der Waals surface area (Å²) in [7, 11) is 1.91. The fraction of sp³-hybridized carbons (Fsp3) is 0.316. The van der Waals surface area contributed by atoms with Crippen LogP contribution in [0, 0.1) is 0 Å². The van der Waals surface area contributed by atoms with Crippen LogP contribution in [0.3, 0.4) is 0 Å². The predicted octanol–water partition coefficient (Wildman–Crippen LogP) is 3.98. The van der Waals surface area contributed by atoms with Gasteiger partial charge in [0.1, 0.15) is 11.8 Å². The lowest BCUT2D eigenvalue weighted by Gasteiger charge is -2.30. The Morgan fingerprint density at radius 3 is 2.58 bits per heavy atom. The number of nitrogens with one attached hydrogen (secondary N) is 1. The third kappa shape index (κ3) is 2.82. The third-order valence-corrected chi connectivity index (χ3v) is 4.70. The number of anilines is 2. The van der Waals surface area contributed by atoms with Gasteiger partial charge in [-0.1, -0.05) is 12.1 Å². The molecule has 0 saturated carbocycles. The van der Waals surface area contributed by atoms with Gasteiger partial charge in [0.2, 0.25) is 0 Å². The summed E-state index contributed by atoms with van der Waals surface area (Å²) in [5.41, 5.74) is 5.18. The number of hydrogen-bond donors (Lipinski definition) is 1. The van der Waals surface area contributed by atoms with Gasteiger partial charge in [0.05, 0.1) is 5.69 Å². The molecule has 4 rings (SSSR count). The van der Waals surface area contributed by atoms with E-state index in [4.69, 9.17) is 4.98 Å². The Morgan fingerprint density at radius 1 is 1.12 bits per heavy atom. The molecule has 5 heteroatoms. The first-order chi connectivity index (χ1) is 11.7. The summed E-state index contributed by atoms with van der Waals surface area (Å²) in [6, 6.07) is 12.4. The highest BCUT2D eigenvalue weighted by molar-refractivity contribution is 5.67. The van der Waals surface area contributed by atoms with E-state index >= 15 is 0 Å². The summed E-state index contributed by atoms with van der Waals surface area (Å²) < 4.78 is 15.4. The Bertz CT molecular complexity index is 832. The topological polar surface area (TPSA) is 32.6 Å². The lowest BCUT2D eigenvalue weighted by atomic mass is 10.1. The van der Waals surface area contributed by atoms with Crippen LogP contribution >= 0.6 is 0 Å². The minimum atomic E-state index is -0.649. The molecule has 2 aromatic heterocycles. The smallest absolute Gasteiger partial charge is 0.139 e. The second kappa shape index (κ2) is 6.15. The van der Waals surface area contributed by atoms with Crippen molar-refractivity contribution in [3.05, 3.63) is 48.8 Å². The zero-order chi connectivity index (χ0) is 16.5. The minimum absolute atomic E-state index is 0.614. The fourth-order valence-electron chi connectivity index (χ4n) is 3.22. The van der Waals surface area contributed by atoms with Crippen LogP contribution in [0.15, 0.2) is 48.8 Å². The van der Waals surface area contributed by atoms with Gasteiger partial charge >= 0.3 is 0 Å². The van der Waals surface area contributed by atoms with Crippen LogP contribution in [0.4, 0.5) is 15.8 Å². The van der Waals surface area contributed by atoms with Gasteiger partial charge in [-0.05, 0) is 31.0 Å². The van der Waals surface area contributed by atoms with Crippen molar-refractivity contribution >= 4 is 17.0 Å². The summed E-state index contributed by atoms with van der Waals surface area (Å²) in [6.07, 6.45) is 4.65. The van der Waals surface area contributed by atoms with Crippen LogP contribution in [0.1, 0.15) is 12.8 Å². The fourth-order valence-corrected chi connectivity index (χ4v) is 3.22. The molecule has 1 aromatic carbocycles. The van der Waals surface area contributed by atoms with E-state index in [2.05, 4.69) is 34.5 Å². The van der Waals surface area contributed by atoms with Gasteiger partial charge in [0.15, 0.2) is 0 Å². The average Bonchev–Trinajstić information content (AvgIpc) is 3.05. The highest BCUT2D eigenvalue weighted by Crippen LogP contribution is 2.25. The maximum Gasteiger partial charge on any atom is 0.139 e. The standard InChI is InChI=1S/C19H21FN4/c1-21-16-4-2-14(3-5-16)18-13-24-11-8-17(12-19(24)22-18)23-9-6-15(20)7-10-23/h2-5,8,11-13,15,21H,6-7,9-10H2,1H3. The maximum atomic E-state index is 13.3. The lowest BCUT2D eigenvalue weighted by Crippen LogP contribution is -2.34. The number of benzene rings is 1. The Kier molecular flexibility index (Phi) is 3.84.